The number of rotatable bonds is 6. The summed E-state index contributed by atoms with van der Waals surface area (Å²) in [6, 6.07) is 6.06. The molecule has 0 spiro atoms. The minimum atomic E-state index is 0.120. The predicted molar refractivity (Wildman–Crippen MR) is 89.7 cm³/mol. The quantitative estimate of drug-likeness (QED) is 0.809. The first kappa shape index (κ1) is 16.3. The Bertz CT molecular complexity index is 496. The average Bonchev–Trinajstić information content (AvgIpc) is 3.02. The van der Waals surface area contributed by atoms with E-state index < -0.39 is 0 Å². The SMILES string of the molecule is COc1ccc(C#CCCO)c(CSCC2CCCC2)c1. The molecule has 1 aromatic carbocycles. The summed E-state index contributed by atoms with van der Waals surface area (Å²) in [5.74, 6) is 10.2. The molecule has 0 radical (unpaired) electrons. The summed E-state index contributed by atoms with van der Waals surface area (Å²) in [6.45, 7) is 0.120. The van der Waals surface area contributed by atoms with E-state index in [9.17, 15) is 0 Å². The Hall–Kier alpha value is -1.11. The van der Waals surface area contributed by atoms with E-state index in [0.717, 1.165) is 23.0 Å². The van der Waals surface area contributed by atoms with Crippen molar-refractivity contribution < 1.29 is 9.84 Å². The van der Waals surface area contributed by atoms with Gasteiger partial charge in [-0.05, 0) is 48.3 Å². The van der Waals surface area contributed by atoms with Crippen LogP contribution in [0.5, 0.6) is 5.75 Å². The summed E-state index contributed by atoms with van der Waals surface area (Å²) in [7, 11) is 1.70. The number of aliphatic hydroxyl groups excluding tert-OH is 1. The summed E-state index contributed by atoms with van der Waals surface area (Å²) in [6.07, 6.45) is 6.13. The smallest absolute Gasteiger partial charge is 0.119 e. The summed E-state index contributed by atoms with van der Waals surface area (Å²) < 4.78 is 5.32. The highest BCUT2D eigenvalue weighted by molar-refractivity contribution is 7.98. The molecule has 0 amide bonds. The van der Waals surface area contributed by atoms with Crippen LogP contribution in [-0.4, -0.2) is 24.6 Å². The van der Waals surface area contributed by atoms with Crippen molar-refractivity contribution in [3.63, 3.8) is 0 Å². The molecular formula is C18H24O2S. The second-order valence-electron chi connectivity index (χ2n) is 5.46. The van der Waals surface area contributed by atoms with Crippen molar-refractivity contribution >= 4 is 11.8 Å². The van der Waals surface area contributed by atoms with Crippen LogP contribution in [0.25, 0.3) is 0 Å². The number of aliphatic hydroxyl groups is 1. The fourth-order valence-electron chi connectivity index (χ4n) is 2.66. The summed E-state index contributed by atoms with van der Waals surface area (Å²) in [4.78, 5) is 0. The summed E-state index contributed by atoms with van der Waals surface area (Å²) >= 11 is 2.00. The van der Waals surface area contributed by atoms with Crippen LogP contribution in [0.4, 0.5) is 0 Å². The van der Waals surface area contributed by atoms with Crippen LogP contribution in [0.2, 0.25) is 0 Å². The van der Waals surface area contributed by atoms with E-state index in [-0.39, 0.29) is 6.61 Å². The van der Waals surface area contributed by atoms with Crippen molar-refractivity contribution in [2.24, 2.45) is 5.92 Å². The summed E-state index contributed by atoms with van der Waals surface area (Å²) in [5, 5.41) is 8.83. The Balaban J connectivity index is 1.98. The van der Waals surface area contributed by atoms with Crippen molar-refractivity contribution in [1.82, 2.24) is 0 Å². The molecular weight excluding hydrogens is 280 g/mol. The second kappa shape index (κ2) is 9.02. The lowest BCUT2D eigenvalue weighted by Crippen LogP contribution is -1.98. The van der Waals surface area contributed by atoms with E-state index in [2.05, 4.69) is 17.9 Å². The fourth-order valence-corrected chi connectivity index (χ4v) is 3.91. The average molecular weight is 304 g/mol. The Labute approximate surface area is 132 Å². The first-order valence-electron chi connectivity index (χ1n) is 7.68. The van der Waals surface area contributed by atoms with Crippen molar-refractivity contribution in [3.8, 4) is 17.6 Å². The van der Waals surface area contributed by atoms with Gasteiger partial charge in [-0.2, -0.15) is 11.8 Å². The molecule has 0 heterocycles. The molecule has 1 saturated carbocycles. The predicted octanol–water partition coefficient (Wildman–Crippen LogP) is 3.85. The topological polar surface area (TPSA) is 29.5 Å². The number of benzene rings is 1. The van der Waals surface area contributed by atoms with Crippen LogP contribution in [0, 0.1) is 17.8 Å². The van der Waals surface area contributed by atoms with Crippen LogP contribution in [0.1, 0.15) is 43.2 Å². The molecule has 0 saturated heterocycles. The number of thioether (sulfide) groups is 1. The van der Waals surface area contributed by atoms with Crippen molar-refractivity contribution in [2.75, 3.05) is 19.5 Å². The highest BCUT2D eigenvalue weighted by Gasteiger charge is 2.15. The maximum Gasteiger partial charge on any atom is 0.119 e. The Morgan fingerprint density at radius 1 is 1.33 bits per heavy atom. The maximum absolute atomic E-state index is 8.83. The minimum Gasteiger partial charge on any atom is -0.497 e. The zero-order chi connectivity index (χ0) is 14.9. The molecule has 3 heteroatoms. The van der Waals surface area contributed by atoms with Gasteiger partial charge in [0.05, 0.1) is 13.7 Å². The van der Waals surface area contributed by atoms with Crippen LogP contribution < -0.4 is 4.74 Å². The van der Waals surface area contributed by atoms with Gasteiger partial charge in [0.25, 0.3) is 0 Å². The first-order chi connectivity index (χ1) is 10.3. The molecule has 1 aromatic rings. The van der Waals surface area contributed by atoms with Gasteiger partial charge in [0.15, 0.2) is 0 Å². The van der Waals surface area contributed by atoms with E-state index in [1.54, 1.807) is 7.11 Å². The van der Waals surface area contributed by atoms with Gasteiger partial charge in [-0.25, -0.2) is 0 Å². The number of ether oxygens (including phenoxy) is 1. The largest absolute Gasteiger partial charge is 0.497 e. The number of hydrogen-bond donors (Lipinski definition) is 1. The molecule has 0 aliphatic heterocycles. The maximum atomic E-state index is 8.83. The van der Waals surface area contributed by atoms with E-state index in [0.29, 0.717) is 6.42 Å². The molecule has 0 aromatic heterocycles. The number of methoxy groups -OCH3 is 1. The monoisotopic (exact) mass is 304 g/mol. The van der Waals surface area contributed by atoms with Crippen molar-refractivity contribution in [2.45, 2.75) is 37.9 Å². The molecule has 1 fully saturated rings. The Morgan fingerprint density at radius 3 is 2.86 bits per heavy atom. The van der Waals surface area contributed by atoms with Crippen molar-refractivity contribution in [3.05, 3.63) is 29.3 Å². The molecule has 114 valence electrons. The third kappa shape index (κ3) is 5.30. The van der Waals surface area contributed by atoms with Gasteiger partial charge in [-0.15, -0.1) is 0 Å². The van der Waals surface area contributed by atoms with E-state index in [4.69, 9.17) is 9.84 Å². The van der Waals surface area contributed by atoms with Gasteiger partial charge >= 0.3 is 0 Å². The zero-order valence-corrected chi connectivity index (χ0v) is 13.5. The van der Waals surface area contributed by atoms with Gasteiger partial charge in [-0.1, -0.05) is 24.7 Å². The molecule has 0 bridgehead atoms. The highest BCUT2D eigenvalue weighted by Crippen LogP contribution is 2.30. The lowest BCUT2D eigenvalue weighted by molar-refractivity contribution is 0.305. The van der Waals surface area contributed by atoms with E-state index in [1.807, 2.05) is 23.9 Å². The lowest BCUT2D eigenvalue weighted by Gasteiger charge is -2.10. The third-order valence-corrected chi connectivity index (χ3v) is 5.08. The van der Waals surface area contributed by atoms with Crippen LogP contribution in [0.3, 0.4) is 0 Å². The fraction of sp³-hybridized carbons (Fsp3) is 0.556. The minimum absolute atomic E-state index is 0.120. The van der Waals surface area contributed by atoms with Crippen molar-refractivity contribution in [1.29, 1.82) is 0 Å². The van der Waals surface area contributed by atoms with Crippen LogP contribution >= 0.6 is 11.8 Å². The molecule has 0 unspecified atom stereocenters. The van der Waals surface area contributed by atoms with E-state index in [1.165, 1.54) is 37.0 Å². The molecule has 2 rings (SSSR count). The van der Waals surface area contributed by atoms with E-state index >= 15 is 0 Å². The second-order valence-corrected chi connectivity index (χ2v) is 6.49. The third-order valence-electron chi connectivity index (χ3n) is 3.86. The normalized spacial score (nSPS) is 14.8. The lowest BCUT2D eigenvalue weighted by atomic mass is 10.1. The van der Waals surface area contributed by atoms with Gasteiger partial charge in [-0.3, -0.25) is 0 Å². The molecule has 1 aliphatic rings. The number of hydrogen-bond acceptors (Lipinski definition) is 3. The highest BCUT2D eigenvalue weighted by atomic mass is 32.2. The van der Waals surface area contributed by atoms with Gasteiger partial charge < -0.3 is 9.84 Å². The van der Waals surface area contributed by atoms with Crippen LogP contribution in [0.15, 0.2) is 18.2 Å². The molecule has 2 nitrogen and oxygen atoms in total. The Kier molecular flexibility index (Phi) is 6.99. The first-order valence-corrected chi connectivity index (χ1v) is 8.83. The summed E-state index contributed by atoms with van der Waals surface area (Å²) in [5.41, 5.74) is 2.30. The Morgan fingerprint density at radius 2 is 2.14 bits per heavy atom. The molecule has 1 N–H and O–H groups in total. The molecule has 0 atom stereocenters. The van der Waals surface area contributed by atoms with Gasteiger partial charge in [0, 0.05) is 17.7 Å². The van der Waals surface area contributed by atoms with Gasteiger partial charge in [0.2, 0.25) is 0 Å². The van der Waals surface area contributed by atoms with Gasteiger partial charge in [0.1, 0.15) is 5.75 Å². The van der Waals surface area contributed by atoms with Crippen LogP contribution in [-0.2, 0) is 5.75 Å². The zero-order valence-electron chi connectivity index (χ0n) is 12.7. The molecule has 21 heavy (non-hydrogen) atoms. The molecule has 1 aliphatic carbocycles. The standard InChI is InChI=1S/C18H24O2S/c1-20-18-10-9-16(8-4-5-11-19)17(12-18)14-21-13-15-6-2-3-7-15/h9-10,12,15,19H,2-3,5-7,11,13-14H2,1H3.